The summed E-state index contributed by atoms with van der Waals surface area (Å²) < 4.78 is 4.95. The quantitative estimate of drug-likeness (QED) is 0.742. The van der Waals surface area contributed by atoms with Crippen molar-refractivity contribution in [2.45, 2.75) is 26.2 Å². The van der Waals surface area contributed by atoms with E-state index in [1.165, 1.54) is 6.26 Å². The Kier molecular flexibility index (Phi) is 2.91. The van der Waals surface area contributed by atoms with Crippen molar-refractivity contribution >= 4 is 5.91 Å². The molecule has 1 rings (SSSR count). The molecule has 1 aromatic rings. The standard InChI is InChI=1S/C9H13NO2/c1-2-3-4-7-5-6-12-8(7)9(10)11/h5-6H,2-4H2,1H3,(H2,10,11). The molecule has 0 aliphatic carbocycles. The fraction of sp³-hybridized carbons (Fsp3) is 0.444. The molecule has 0 saturated carbocycles. The van der Waals surface area contributed by atoms with Crippen molar-refractivity contribution in [1.82, 2.24) is 0 Å². The van der Waals surface area contributed by atoms with Gasteiger partial charge in [-0.3, -0.25) is 4.79 Å². The van der Waals surface area contributed by atoms with Crippen molar-refractivity contribution in [3.05, 3.63) is 23.7 Å². The topological polar surface area (TPSA) is 56.2 Å². The molecule has 0 bridgehead atoms. The molecule has 0 aliphatic rings. The summed E-state index contributed by atoms with van der Waals surface area (Å²) in [5, 5.41) is 0. The van der Waals surface area contributed by atoms with Crippen molar-refractivity contribution in [3.63, 3.8) is 0 Å². The lowest BCUT2D eigenvalue weighted by molar-refractivity contribution is 0.0972. The molecule has 66 valence electrons. The lowest BCUT2D eigenvalue weighted by Crippen LogP contribution is -2.11. The van der Waals surface area contributed by atoms with Gasteiger partial charge in [-0.1, -0.05) is 13.3 Å². The highest BCUT2D eigenvalue weighted by Gasteiger charge is 2.10. The molecule has 0 fully saturated rings. The molecule has 1 heterocycles. The Bertz CT molecular complexity index is 265. The van der Waals surface area contributed by atoms with E-state index in [2.05, 4.69) is 6.92 Å². The number of unbranched alkanes of at least 4 members (excludes halogenated alkanes) is 1. The fourth-order valence-corrected chi connectivity index (χ4v) is 1.12. The minimum atomic E-state index is -0.480. The van der Waals surface area contributed by atoms with Gasteiger partial charge in [-0.2, -0.15) is 0 Å². The summed E-state index contributed by atoms with van der Waals surface area (Å²) in [6.07, 6.45) is 4.53. The number of furan rings is 1. The van der Waals surface area contributed by atoms with Crippen molar-refractivity contribution in [2.24, 2.45) is 5.73 Å². The van der Waals surface area contributed by atoms with Gasteiger partial charge in [-0.05, 0) is 18.9 Å². The number of hydrogen-bond acceptors (Lipinski definition) is 2. The van der Waals surface area contributed by atoms with Crippen LogP contribution in [0.1, 0.15) is 35.9 Å². The van der Waals surface area contributed by atoms with E-state index in [1.807, 2.05) is 0 Å². The van der Waals surface area contributed by atoms with Crippen molar-refractivity contribution in [1.29, 1.82) is 0 Å². The first-order chi connectivity index (χ1) is 5.75. The van der Waals surface area contributed by atoms with Gasteiger partial charge in [0.05, 0.1) is 6.26 Å². The Balaban J connectivity index is 2.70. The maximum atomic E-state index is 10.8. The number of amides is 1. The molecule has 1 aromatic heterocycles. The van der Waals surface area contributed by atoms with Gasteiger partial charge in [0.1, 0.15) is 0 Å². The number of carbonyl (C=O) groups excluding carboxylic acids is 1. The SMILES string of the molecule is CCCCc1ccoc1C(N)=O. The van der Waals surface area contributed by atoms with Crippen molar-refractivity contribution in [2.75, 3.05) is 0 Å². The van der Waals surface area contributed by atoms with Gasteiger partial charge in [0, 0.05) is 5.56 Å². The first kappa shape index (κ1) is 8.84. The number of hydrogen-bond donors (Lipinski definition) is 1. The summed E-state index contributed by atoms with van der Waals surface area (Å²) in [6.45, 7) is 2.10. The summed E-state index contributed by atoms with van der Waals surface area (Å²) in [5.41, 5.74) is 6.02. The second kappa shape index (κ2) is 3.95. The van der Waals surface area contributed by atoms with Crippen LogP contribution in [0.4, 0.5) is 0 Å². The van der Waals surface area contributed by atoms with Gasteiger partial charge < -0.3 is 10.2 Å². The van der Waals surface area contributed by atoms with Gasteiger partial charge in [-0.15, -0.1) is 0 Å². The van der Waals surface area contributed by atoms with Crippen LogP contribution in [0.2, 0.25) is 0 Å². The maximum Gasteiger partial charge on any atom is 0.284 e. The zero-order valence-corrected chi connectivity index (χ0v) is 7.17. The van der Waals surface area contributed by atoms with Crippen LogP contribution in [0.25, 0.3) is 0 Å². The first-order valence-electron chi connectivity index (χ1n) is 4.12. The van der Waals surface area contributed by atoms with Crippen LogP contribution in [-0.4, -0.2) is 5.91 Å². The Hall–Kier alpha value is -1.25. The number of aryl methyl sites for hydroxylation is 1. The Morgan fingerprint density at radius 3 is 3.00 bits per heavy atom. The molecule has 0 radical (unpaired) electrons. The molecule has 3 nitrogen and oxygen atoms in total. The third kappa shape index (κ3) is 1.87. The van der Waals surface area contributed by atoms with E-state index < -0.39 is 5.91 Å². The molecule has 0 aliphatic heterocycles. The van der Waals surface area contributed by atoms with Gasteiger partial charge >= 0.3 is 0 Å². The monoisotopic (exact) mass is 167 g/mol. The van der Waals surface area contributed by atoms with E-state index in [0.717, 1.165) is 24.8 Å². The lowest BCUT2D eigenvalue weighted by atomic mass is 10.1. The summed E-state index contributed by atoms with van der Waals surface area (Å²) in [7, 11) is 0. The van der Waals surface area contributed by atoms with Crippen LogP contribution in [0.15, 0.2) is 16.7 Å². The fourth-order valence-electron chi connectivity index (χ4n) is 1.12. The maximum absolute atomic E-state index is 10.8. The number of carbonyl (C=O) groups is 1. The molecular formula is C9H13NO2. The van der Waals surface area contributed by atoms with Gasteiger partial charge in [0.25, 0.3) is 5.91 Å². The molecule has 2 N–H and O–H groups in total. The summed E-state index contributed by atoms with van der Waals surface area (Å²) in [6, 6.07) is 1.80. The van der Waals surface area contributed by atoms with Crippen LogP contribution in [0, 0.1) is 0 Å². The molecule has 0 spiro atoms. The molecule has 0 aromatic carbocycles. The first-order valence-corrected chi connectivity index (χ1v) is 4.12. The minimum absolute atomic E-state index is 0.309. The van der Waals surface area contributed by atoms with Crippen LogP contribution in [0.5, 0.6) is 0 Å². The molecule has 3 heteroatoms. The van der Waals surface area contributed by atoms with Crippen molar-refractivity contribution < 1.29 is 9.21 Å². The van der Waals surface area contributed by atoms with Gasteiger partial charge in [0.15, 0.2) is 5.76 Å². The Morgan fingerprint density at radius 1 is 1.67 bits per heavy atom. The summed E-state index contributed by atoms with van der Waals surface area (Å²) >= 11 is 0. The predicted octanol–water partition coefficient (Wildman–Crippen LogP) is 1.72. The highest BCUT2D eigenvalue weighted by atomic mass is 16.3. The van der Waals surface area contributed by atoms with E-state index in [-0.39, 0.29) is 0 Å². The smallest absolute Gasteiger partial charge is 0.284 e. The van der Waals surface area contributed by atoms with Gasteiger partial charge in [0.2, 0.25) is 0 Å². The third-order valence-electron chi connectivity index (χ3n) is 1.77. The van der Waals surface area contributed by atoms with E-state index in [4.69, 9.17) is 10.2 Å². The lowest BCUT2D eigenvalue weighted by Gasteiger charge is -1.96. The average Bonchev–Trinajstić information content (AvgIpc) is 2.48. The zero-order chi connectivity index (χ0) is 8.97. The highest BCUT2D eigenvalue weighted by molar-refractivity contribution is 5.91. The van der Waals surface area contributed by atoms with E-state index >= 15 is 0 Å². The second-order valence-corrected chi connectivity index (χ2v) is 2.74. The molecule has 0 atom stereocenters. The van der Waals surface area contributed by atoms with Crippen molar-refractivity contribution in [3.8, 4) is 0 Å². The Labute approximate surface area is 71.6 Å². The van der Waals surface area contributed by atoms with Crippen LogP contribution in [-0.2, 0) is 6.42 Å². The largest absolute Gasteiger partial charge is 0.459 e. The molecule has 0 saturated heterocycles. The minimum Gasteiger partial charge on any atom is -0.459 e. The predicted molar refractivity (Wildman–Crippen MR) is 45.8 cm³/mol. The van der Waals surface area contributed by atoms with Crippen LogP contribution in [0.3, 0.4) is 0 Å². The highest BCUT2D eigenvalue weighted by Crippen LogP contribution is 2.12. The average molecular weight is 167 g/mol. The summed E-state index contributed by atoms with van der Waals surface area (Å²) in [4.78, 5) is 10.8. The number of rotatable bonds is 4. The van der Waals surface area contributed by atoms with E-state index in [9.17, 15) is 4.79 Å². The van der Waals surface area contributed by atoms with Gasteiger partial charge in [-0.25, -0.2) is 0 Å². The molecular weight excluding hydrogens is 154 g/mol. The molecule has 1 amide bonds. The Morgan fingerprint density at radius 2 is 2.42 bits per heavy atom. The van der Waals surface area contributed by atoms with E-state index in [1.54, 1.807) is 6.07 Å². The summed E-state index contributed by atoms with van der Waals surface area (Å²) in [5.74, 6) is -0.172. The van der Waals surface area contributed by atoms with E-state index in [0.29, 0.717) is 5.76 Å². The zero-order valence-electron chi connectivity index (χ0n) is 7.17. The molecule has 12 heavy (non-hydrogen) atoms. The third-order valence-corrected chi connectivity index (χ3v) is 1.77. The number of nitrogens with two attached hydrogens (primary N) is 1. The normalized spacial score (nSPS) is 10.1. The molecule has 0 unspecified atom stereocenters. The second-order valence-electron chi connectivity index (χ2n) is 2.74. The van der Waals surface area contributed by atoms with Crippen LogP contribution < -0.4 is 5.73 Å². The number of primary amides is 1. The van der Waals surface area contributed by atoms with Crippen LogP contribution >= 0.6 is 0 Å².